The van der Waals surface area contributed by atoms with Crippen LogP contribution in [0, 0.1) is 23.7 Å². The van der Waals surface area contributed by atoms with Gasteiger partial charge < -0.3 is 41.0 Å². The molecule has 0 bridgehead atoms. The molecule has 2 aromatic heterocycles. The van der Waals surface area contributed by atoms with Gasteiger partial charge in [-0.25, -0.2) is 19.7 Å². The van der Waals surface area contributed by atoms with Crippen molar-refractivity contribution >= 4 is 34.9 Å². The van der Waals surface area contributed by atoms with E-state index in [0.29, 0.717) is 39.0 Å². The fourth-order valence-electron chi connectivity index (χ4n) is 5.22. The molecule has 3 saturated heterocycles. The lowest BCUT2D eigenvalue weighted by atomic mass is 9.94. The minimum absolute atomic E-state index is 0.0144. The summed E-state index contributed by atoms with van der Waals surface area (Å²) < 4.78 is 12.5. The number of nitrogens with two attached hydrogens (primary N) is 1. The Morgan fingerprint density at radius 2 is 2.02 bits per heavy atom. The summed E-state index contributed by atoms with van der Waals surface area (Å²) in [5.74, 6) is 6.05. The predicted octanol–water partition coefficient (Wildman–Crippen LogP) is -1.11. The molecule has 41 heavy (non-hydrogen) atoms. The summed E-state index contributed by atoms with van der Waals surface area (Å²) in [6.45, 7) is 3.98. The number of anilines is 1. The van der Waals surface area contributed by atoms with E-state index < -0.39 is 30.4 Å². The number of carbonyl (C=O) groups excluding carboxylic acids is 3. The first-order valence-corrected chi connectivity index (χ1v) is 13.7. The lowest BCUT2D eigenvalue weighted by Gasteiger charge is -2.30. The zero-order valence-corrected chi connectivity index (χ0v) is 22.7. The Morgan fingerprint density at radius 3 is 2.73 bits per heavy atom. The lowest BCUT2D eigenvalue weighted by Crippen LogP contribution is -2.42. The first-order valence-electron chi connectivity index (χ1n) is 13.7. The van der Waals surface area contributed by atoms with Crippen molar-refractivity contribution in [2.75, 3.05) is 38.5 Å². The number of nitrogens with zero attached hydrogens (tertiary/aromatic N) is 5. The van der Waals surface area contributed by atoms with Crippen LogP contribution in [0.25, 0.3) is 11.2 Å². The van der Waals surface area contributed by atoms with Gasteiger partial charge in [-0.1, -0.05) is 5.92 Å². The van der Waals surface area contributed by atoms with Crippen LogP contribution in [-0.4, -0.2) is 104 Å². The SMILES string of the molecule is CCNC(=O)[C@H]1O[C@@H](n2cnc3c(N)nc(C#CCC4CCN(C(=O)OCC5CNC(=O)C5)CC4)nc32)[C@H](O)[C@@H]1O. The van der Waals surface area contributed by atoms with Gasteiger partial charge in [0.15, 0.2) is 23.8 Å². The smallest absolute Gasteiger partial charge is 0.409 e. The molecule has 15 nitrogen and oxygen atoms in total. The quantitative estimate of drug-likeness (QED) is 0.263. The Morgan fingerprint density at radius 1 is 1.24 bits per heavy atom. The van der Waals surface area contributed by atoms with Crippen molar-refractivity contribution in [2.24, 2.45) is 11.8 Å². The molecule has 0 aliphatic carbocycles. The number of rotatable bonds is 6. The Hall–Kier alpha value is -4.00. The molecule has 5 rings (SSSR count). The third-order valence-corrected chi connectivity index (χ3v) is 7.54. The Kier molecular flexibility index (Phi) is 8.52. The van der Waals surface area contributed by atoms with Crippen LogP contribution in [0.3, 0.4) is 0 Å². The van der Waals surface area contributed by atoms with Crippen LogP contribution in [0.1, 0.15) is 44.7 Å². The fraction of sp³-hybridized carbons (Fsp3) is 0.615. The number of hydrogen-bond acceptors (Lipinski definition) is 11. The molecule has 0 radical (unpaired) electrons. The number of hydrogen-bond donors (Lipinski definition) is 5. The normalized spacial score (nSPS) is 26.5. The van der Waals surface area contributed by atoms with Crippen molar-refractivity contribution < 1.29 is 34.1 Å². The number of aromatic nitrogens is 4. The summed E-state index contributed by atoms with van der Waals surface area (Å²) in [5.41, 5.74) is 6.62. The predicted molar refractivity (Wildman–Crippen MR) is 143 cm³/mol. The summed E-state index contributed by atoms with van der Waals surface area (Å²) in [7, 11) is 0. The van der Waals surface area contributed by atoms with E-state index in [0.717, 1.165) is 12.8 Å². The van der Waals surface area contributed by atoms with Crippen molar-refractivity contribution in [1.29, 1.82) is 0 Å². The molecule has 3 aliphatic rings. The molecular weight excluding hydrogens is 536 g/mol. The average Bonchev–Trinajstić information content (AvgIpc) is 3.65. The standard InChI is InChI=1S/C26H34N8O7/c1-2-28-24(38)21-19(36)20(37)25(41-21)34-13-30-18-22(27)31-16(32-23(18)34)5-3-4-14-6-8-33(9-7-14)26(39)40-12-15-10-17(35)29-11-15/h13-15,19-21,25,36-37H,2,4,6-12H2,1H3,(H,28,38)(H,29,35)(H2,27,31,32)/t15?,19-,20+,21-,25+/m0/s1. The second kappa shape index (κ2) is 12.2. The number of likely N-dealkylation sites (N-methyl/N-ethyl adjacent to an activating group) is 1. The molecule has 6 N–H and O–H groups in total. The molecule has 2 aromatic rings. The highest BCUT2D eigenvalue weighted by molar-refractivity contribution is 5.83. The van der Waals surface area contributed by atoms with Gasteiger partial charge in [-0.2, -0.15) is 0 Å². The van der Waals surface area contributed by atoms with E-state index in [2.05, 4.69) is 37.4 Å². The van der Waals surface area contributed by atoms with Crippen molar-refractivity contribution in [3.05, 3.63) is 12.2 Å². The molecule has 0 spiro atoms. The van der Waals surface area contributed by atoms with Gasteiger partial charge in [0.2, 0.25) is 11.7 Å². The molecule has 3 amide bonds. The molecule has 5 atom stereocenters. The van der Waals surface area contributed by atoms with Crippen molar-refractivity contribution in [3.63, 3.8) is 0 Å². The molecule has 0 saturated carbocycles. The Labute approximate surface area is 235 Å². The van der Waals surface area contributed by atoms with Crippen LogP contribution in [0.5, 0.6) is 0 Å². The van der Waals surface area contributed by atoms with E-state index in [1.54, 1.807) is 11.8 Å². The lowest BCUT2D eigenvalue weighted by molar-refractivity contribution is -0.137. The highest BCUT2D eigenvalue weighted by Gasteiger charge is 2.47. The van der Waals surface area contributed by atoms with E-state index >= 15 is 0 Å². The summed E-state index contributed by atoms with van der Waals surface area (Å²) in [5, 5.41) is 26.3. The maximum atomic E-state index is 12.4. The van der Waals surface area contributed by atoms with Crippen molar-refractivity contribution in [3.8, 4) is 11.8 Å². The average molecular weight is 571 g/mol. The van der Waals surface area contributed by atoms with Crippen molar-refractivity contribution in [1.82, 2.24) is 35.1 Å². The second-order valence-electron chi connectivity index (χ2n) is 10.5. The highest BCUT2D eigenvalue weighted by Crippen LogP contribution is 2.32. The number of nitrogen functional groups attached to an aromatic ring is 1. The first-order chi connectivity index (χ1) is 19.7. The van der Waals surface area contributed by atoms with Gasteiger partial charge in [-0.3, -0.25) is 14.2 Å². The van der Waals surface area contributed by atoms with Crippen LogP contribution < -0.4 is 16.4 Å². The van der Waals surface area contributed by atoms with Crippen LogP contribution in [0.4, 0.5) is 10.6 Å². The molecule has 3 fully saturated rings. The minimum Gasteiger partial charge on any atom is -0.449 e. The number of ether oxygens (including phenoxy) is 2. The number of aliphatic hydroxyl groups excluding tert-OH is 2. The van der Waals surface area contributed by atoms with E-state index in [4.69, 9.17) is 15.2 Å². The largest absolute Gasteiger partial charge is 0.449 e. The fourth-order valence-corrected chi connectivity index (χ4v) is 5.22. The van der Waals surface area contributed by atoms with Gasteiger partial charge >= 0.3 is 6.09 Å². The number of aliphatic hydroxyl groups is 2. The topological polar surface area (TPSA) is 207 Å². The van der Waals surface area contributed by atoms with Gasteiger partial charge in [-0.05, 0) is 31.6 Å². The molecular formula is C26H34N8O7. The zero-order chi connectivity index (χ0) is 29.1. The van der Waals surface area contributed by atoms with Gasteiger partial charge in [0, 0.05) is 44.9 Å². The van der Waals surface area contributed by atoms with Crippen molar-refractivity contribution in [2.45, 2.75) is 57.1 Å². The summed E-state index contributed by atoms with van der Waals surface area (Å²) in [6.07, 6.45) is -1.71. The van der Waals surface area contributed by atoms with E-state index in [9.17, 15) is 24.6 Å². The van der Waals surface area contributed by atoms with Crippen LogP contribution >= 0.6 is 0 Å². The summed E-state index contributed by atoms with van der Waals surface area (Å²) >= 11 is 0. The number of likely N-dealkylation sites (tertiary alicyclic amines) is 1. The molecule has 3 aliphatic heterocycles. The molecule has 1 unspecified atom stereocenters. The molecule has 5 heterocycles. The van der Waals surface area contributed by atoms with Gasteiger partial charge in [0.05, 0.1) is 12.9 Å². The van der Waals surface area contributed by atoms with Crippen LogP contribution in [0.15, 0.2) is 6.33 Å². The van der Waals surface area contributed by atoms with Gasteiger partial charge in [-0.15, -0.1) is 0 Å². The highest BCUT2D eigenvalue weighted by atomic mass is 16.6. The van der Waals surface area contributed by atoms with E-state index in [1.807, 2.05) is 0 Å². The number of nitrogens with one attached hydrogen (secondary N) is 2. The molecule has 220 valence electrons. The van der Waals surface area contributed by atoms with Crippen LogP contribution in [0.2, 0.25) is 0 Å². The number of carbonyl (C=O) groups is 3. The van der Waals surface area contributed by atoms with Gasteiger partial charge in [0.1, 0.15) is 17.7 Å². The second-order valence-corrected chi connectivity index (χ2v) is 10.5. The number of amides is 3. The maximum absolute atomic E-state index is 12.4. The summed E-state index contributed by atoms with van der Waals surface area (Å²) in [4.78, 5) is 50.5. The maximum Gasteiger partial charge on any atom is 0.409 e. The van der Waals surface area contributed by atoms with Crippen LogP contribution in [-0.2, 0) is 19.1 Å². The Balaban J connectivity index is 1.18. The first kappa shape index (κ1) is 28.5. The van der Waals surface area contributed by atoms with E-state index in [1.165, 1.54) is 10.9 Å². The van der Waals surface area contributed by atoms with Gasteiger partial charge in [0.25, 0.3) is 5.91 Å². The third kappa shape index (κ3) is 6.19. The van der Waals surface area contributed by atoms with E-state index in [-0.39, 0.29) is 53.2 Å². The zero-order valence-electron chi connectivity index (χ0n) is 22.7. The number of piperidine rings is 1. The minimum atomic E-state index is -1.44. The molecule has 0 aromatic carbocycles. The Bertz CT molecular complexity index is 1360. The number of fused-ring (bicyclic) bond motifs is 1. The third-order valence-electron chi connectivity index (χ3n) is 7.54. The number of imidazole rings is 1. The monoisotopic (exact) mass is 570 g/mol. The molecule has 15 heteroatoms. The summed E-state index contributed by atoms with van der Waals surface area (Å²) in [6, 6.07) is 0.